The quantitative estimate of drug-likeness (QED) is 0.630. The number of nitrogens with zero attached hydrogens (tertiary/aromatic N) is 1. The SMILES string of the molecule is CCN(CC)CC[NH2+]Cc1ccc(C(=O)[O-])cc1. The summed E-state index contributed by atoms with van der Waals surface area (Å²) in [4.78, 5) is 13.0. The number of carbonyl (C=O) groups excluding carboxylic acids is 1. The molecule has 0 aliphatic heterocycles. The first-order chi connectivity index (χ1) is 8.67. The summed E-state index contributed by atoms with van der Waals surface area (Å²) < 4.78 is 0. The minimum absolute atomic E-state index is 0.238. The number of hydrogen-bond donors (Lipinski definition) is 1. The summed E-state index contributed by atoms with van der Waals surface area (Å²) >= 11 is 0. The van der Waals surface area contributed by atoms with Crippen LogP contribution in [0.3, 0.4) is 0 Å². The monoisotopic (exact) mass is 250 g/mol. The molecule has 0 aliphatic rings. The molecule has 18 heavy (non-hydrogen) atoms. The second-order valence-electron chi connectivity index (χ2n) is 4.29. The van der Waals surface area contributed by atoms with Gasteiger partial charge < -0.3 is 15.2 Å². The molecule has 0 amide bonds. The van der Waals surface area contributed by atoms with E-state index in [0.717, 1.165) is 38.3 Å². The van der Waals surface area contributed by atoms with Crippen LogP contribution in [-0.2, 0) is 6.54 Å². The Kier molecular flexibility index (Phi) is 6.39. The van der Waals surface area contributed by atoms with Crippen LogP contribution in [0.15, 0.2) is 24.3 Å². The van der Waals surface area contributed by atoms with Crippen LogP contribution in [0.25, 0.3) is 0 Å². The largest absolute Gasteiger partial charge is 0.545 e. The summed E-state index contributed by atoms with van der Waals surface area (Å²) in [6, 6.07) is 6.89. The highest BCUT2D eigenvalue weighted by Crippen LogP contribution is 2.01. The fourth-order valence-electron chi connectivity index (χ4n) is 1.86. The Morgan fingerprint density at radius 3 is 2.33 bits per heavy atom. The van der Waals surface area contributed by atoms with Crippen molar-refractivity contribution in [2.45, 2.75) is 20.4 Å². The minimum Gasteiger partial charge on any atom is -0.545 e. The van der Waals surface area contributed by atoms with Crippen molar-refractivity contribution in [3.05, 3.63) is 35.4 Å². The van der Waals surface area contributed by atoms with E-state index in [4.69, 9.17) is 0 Å². The first kappa shape index (κ1) is 14.7. The van der Waals surface area contributed by atoms with Crippen molar-refractivity contribution < 1.29 is 15.2 Å². The molecule has 0 saturated carbocycles. The smallest absolute Gasteiger partial charge is 0.101 e. The van der Waals surface area contributed by atoms with Gasteiger partial charge in [0.05, 0.1) is 12.5 Å². The molecule has 1 aromatic rings. The van der Waals surface area contributed by atoms with Crippen LogP contribution in [0.5, 0.6) is 0 Å². The molecule has 0 aromatic heterocycles. The van der Waals surface area contributed by atoms with Crippen molar-refractivity contribution in [3.63, 3.8) is 0 Å². The standard InChI is InChI=1S/C14H22N2O2/c1-3-16(4-2)10-9-15-11-12-5-7-13(8-6-12)14(17)18/h5-8,15H,3-4,9-11H2,1-2H3,(H,17,18). The average molecular weight is 250 g/mol. The van der Waals surface area contributed by atoms with Gasteiger partial charge in [0, 0.05) is 12.1 Å². The van der Waals surface area contributed by atoms with Crippen LogP contribution in [0.2, 0.25) is 0 Å². The third kappa shape index (κ3) is 4.85. The van der Waals surface area contributed by atoms with Crippen LogP contribution in [0.1, 0.15) is 29.8 Å². The number of quaternary nitrogens is 1. The third-order valence-corrected chi connectivity index (χ3v) is 3.11. The molecule has 0 radical (unpaired) electrons. The lowest BCUT2D eigenvalue weighted by atomic mass is 10.1. The Hall–Kier alpha value is -1.39. The second-order valence-corrected chi connectivity index (χ2v) is 4.29. The Morgan fingerprint density at radius 2 is 1.83 bits per heavy atom. The first-order valence-electron chi connectivity index (χ1n) is 6.51. The Bertz CT molecular complexity index is 359. The zero-order valence-electron chi connectivity index (χ0n) is 11.2. The maximum absolute atomic E-state index is 10.6. The maximum atomic E-state index is 10.6. The molecule has 0 spiro atoms. The number of rotatable bonds is 8. The van der Waals surface area contributed by atoms with E-state index in [-0.39, 0.29) is 5.56 Å². The number of carboxylic acid groups (broad SMARTS) is 1. The zero-order valence-corrected chi connectivity index (χ0v) is 11.2. The number of likely N-dealkylation sites (N-methyl/N-ethyl adjacent to an activating group) is 1. The van der Waals surface area contributed by atoms with Gasteiger partial charge >= 0.3 is 0 Å². The normalized spacial score (nSPS) is 10.8. The summed E-state index contributed by atoms with van der Waals surface area (Å²) in [5.41, 5.74) is 1.38. The van der Waals surface area contributed by atoms with Crippen molar-refractivity contribution >= 4 is 5.97 Å². The molecule has 0 saturated heterocycles. The van der Waals surface area contributed by atoms with Gasteiger partial charge in [0.25, 0.3) is 0 Å². The fraction of sp³-hybridized carbons (Fsp3) is 0.500. The predicted molar refractivity (Wildman–Crippen MR) is 69.1 cm³/mol. The molecule has 2 N–H and O–H groups in total. The maximum Gasteiger partial charge on any atom is 0.101 e. The van der Waals surface area contributed by atoms with Crippen molar-refractivity contribution in [2.24, 2.45) is 0 Å². The van der Waals surface area contributed by atoms with E-state index in [2.05, 4.69) is 24.1 Å². The Morgan fingerprint density at radius 1 is 1.22 bits per heavy atom. The predicted octanol–water partition coefficient (Wildman–Crippen LogP) is -0.545. The molecule has 100 valence electrons. The van der Waals surface area contributed by atoms with E-state index in [1.165, 1.54) is 0 Å². The second kappa shape index (κ2) is 7.84. The van der Waals surface area contributed by atoms with Crippen molar-refractivity contribution in [3.8, 4) is 0 Å². The Labute approximate surface area is 109 Å². The van der Waals surface area contributed by atoms with E-state index in [9.17, 15) is 9.90 Å². The van der Waals surface area contributed by atoms with Crippen LogP contribution in [0.4, 0.5) is 0 Å². The molecular formula is C14H22N2O2. The minimum atomic E-state index is -1.12. The highest BCUT2D eigenvalue weighted by Gasteiger charge is 2.01. The summed E-state index contributed by atoms with van der Waals surface area (Å²) in [6.45, 7) is 9.54. The molecule has 0 atom stereocenters. The number of aromatic carboxylic acids is 1. The van der Waals surface area contributed by atoms with Gasteiger partial charge in [0.15, 0.2) is 0 Å². The molecule has 1 rings (SSSR count). The molecule has 0 fully saturated rings. The van der Waals surface area contributed by atoms with Crippen molar-refractivity contribution in [1.29, 1.82) is 0 Å². The molecule has 0 unspecified atom stereocenters. The van der Waals surface area contributed by atoms with Crippen LogP contribution in [-0.4, -0.2) is 37.0 Å². The topological polar surface area (TPSA) is 60.0 Å². The molecule has 0 aliphatic carbocycles. The van der Waals surface area contributed by atoms with Gasteiger partial charge in [-0.05, 0) is 18.7 Å². The summed E-state index contributed by atoms with van der Waals surface area (Å²) in [6.07, 6.45) is 0. The van der Waals surface area contributed by atoms with E-state index >= 15 is 0 Å². The van der Waals surface area contributed by atoms with Gasteiger partial charge in [0.1, 0.15) is 6.54 Å². The summed E-state index contributed by atoms with van der Waals surface area (Å²) in [7, 11) is 0. The number of benzene rings is 1. The first-order valence-corrected chi connectivity index (χ1v) is 6.51. The number of carboxylic acids is 1. The van der Waals surface area contributed by atoms with E-state index in [0.29, 0.717) is 0 Å². The average Bonchev–Trinajstić information content (AvgIpc) is 2.39. The molecular weight excluding hydrogens is 228 g/mol. The van der Waals surface area contributed by atoms with E-state index in [1.54, 1.807) is 12.1 Å². The molecule has 0 heterocycles. The zero-order chi connectivity index (χ0) is 13.4. The number of hydrogen-bond acceptors (Lipinski definition) is 3. The van der Waals surface area contributed by atoms with Gasteiger partial charge in [-0.25, -0.2) is 0 Å². The third-order valence-electron chi connectivity index (χ3n) is 3.11. The lowest BCUT2D eigenvalue weighted by Crippen LogP contribution is -2.84. The lowest BCUT2D eigenvalue weighted by Gasteiger charge is -2.16. The summed E-state index contributed by atoms with van der Waals surface area (Å²) in [5, 5.41) is 12.8. The fourth-order valence-corrected chi connectivity index (χ4v) is 1.86. The summed E-state index contributed by atoms with van der Waals surface area (Å²) in [5.74, 6) is -1.12. The molecule has 1 aromatic carbocycles. The van der Waals surface area contributed by atoms with Crippen LogP contribution >= 0.6 is 0 Å². The molecule has 4 heteroatoms. The highest BCUT2D eigenvalue weighted by atomic mass is 16.4. The van der Waals surface area contributed by atoms with Crippen LogP contribution in [0, 0.1) is 0 Å². The van der Waals surface area contributed by atoms with E-state index < -0.39 is 5.97 Å². The van der Waals surface area contributed by atoms with Crippen molar-refractivity contribution in [1.82, 2.24) is 4.90 Å². The van der Waals surface area contributed by atoms with Gasteiger partial charge in [-0.1, -0.05) is 38.1 Å². The van der Waals surface area contributed by atoms with Gasteiger partial charge in [0.2, 0.25) is 0 Å². The highest BCUT2D eigenvalue weighted by molar-refractivity contribution is 5.85. The number of nitrogens with two attached hydrogens (primary N) is 1. The molecule has 4 nitrogen and oxygen atoms in total. The van der Waals surface area contributed by atoms with Crippen molar-refractivity contribution in [2.75, 3.05) is 26.2 Å². The van der Waals surface area contributed by atoms with Gasteiger partial charge in [-0.3, -0.25) is 4.90 Å². The lowest BCUT2D eigenvalue weighted by molar-refractivity contribution is -0.670. The number of carbonyl (C=O) groups is 1. The Balaban J connectivity index is 2.29. The van der Waals surface area contributed by atoms with Gasteiger partial charge in [-0.15, -0.1) is 0 Å². The van der Waals surface area contributed by atoms with Crippen LogP contribution < -0.4 is 10.4 Å². The van der Waals surface area contributed by atoms with Gasteiger partial charge in [-0.2, -0.15) is 0 Å². The molecule has 0 bridgehead atoms. The van der Waals surface area contributed by atoms with E-state index in [1.807, 2.05) is 12.1 Å².